The van der Waals surface area contributed by atoms with Gasteiger partial charge in [-0.2, -0.15) is 0 Å². The molecule has 8 aromatic heterocycles. The van der Waals surface area contributed by atoms with Crippen LogP contribution in [0.4, 0.5) is 0 Å². The van der Waals surface area contributed by atoms with E-state index >= 15 is 0 Å². The van der Waals surface area contributed by atoms with E-state index in [1.807, 2.05) is 170 Å². The van der Waals surface area contributed by atoms with Crippen molar-refractivity contribution in [3.63, 3.8) is 0 Å². The molecule has 395 valence electrons. The van der Waals surface area contributed by atoms with Gasteiger partial charge in [0.1, 0.15) is 44.8 Å². The summed E-state index contributed by atoms with van der Waals surface area (Å²) in [5.41, 5.74) is 9.96. The minimum Gasteiger partial charge on any atom is -0.871 e. The number of rotatable bonds is 4. The summed E-state index contributed by atoms with van der Waals surface area (Å²) in [6.45, 7) is 0. The maximum atomic E-state index is 11.8. The van der Waals surface area contributed by atoms with Crippen molar-refractivity contribution >= 4 is 88.0 Å². The molecule has 0 amide bonds. The molecule has 16 nitrogen and oxygen atoms in total. The first-order valence-electron chi connectivity index (χ1n) is 25.0. The number of hydrogen-bond acceptors (Lipinski definition) is 16. The van der Waals surface area contributed by atoms with Crippen molar-refractivity contribution in [2.75, 3.05) is 0 Å². The second-order valence-corrected chi connectivity index (χ2v) is 18.0. The second-order valence-electron chi connectivity index (χ2n) is 18.0. The van der Waals surface area contributed by atoms with Crippen molar-refractivity contribution in [1.29, 1.82) is 0 Å². The molecule has 18 heteroatoms. The van der Waals surface area contributed by atoms with Crippen LogP contribution in [0.15, 0.2) is 236 Å². The number of oxazole rings is 4. The van der Waals surface area contributed by atoms with Gasteiger partial charge in [-0.15, -0.1) is 0 Å². The molecule has 0 aliphatic heterocycles. The van der Waals surface area contributed by atoms with Gasteiger partial charge in [-0.05, 0) is 94.3 Å². The summed E-state index contributed by atoms with van der Waals surface area (Å²) in [6, 6.07) is 65.1. The maximum absolute atomic E-state index is 11.8. The van der Waals surface area contributed by atoms with Crippen LogP contribution < -0.4 is 50.0 Å². The van der Waals surface area contributed by atoms with Gasteiger partial charge in [0.05, 0.1) is 22.1 Å². The number of hydrogen-bond donors (Lipinski definition) is 0. The predicted octanol–water partition coefficient (Wildman–Crippen LogP) is 9.47. The molecule has 16 aromatic rings. The third-order valence-electron chi connectivity index (χ3n) is 12.8. The molecule has 0 aliphatic rings. The van der Waals surface area contributed by atoms with Crippen LogP contribution in [-0.4, -0.2) is 39.9 Å². The predicted molar refractivity (Wildman–Crippen MR) is 297 cm³/mol. The molecule has 0 atom stereocenters. The Bertz CT molecular complexity index is 4220. The molecule has 0 N–H and O–H groups in total. The summed E-state index contributed by atoms with van der Waals surface area (Å²) in [7, 11) is 0. The van der Waals surface area contributed by atoms with Crippen LogP contribution in [0.25, 0.3) is 134 Å². The smallest absolute Gasteiger partial charge is 0.871 e. The number of para-hydroxylation sites is 12. The van der Waals surface area contributed by atoms with E-state index in [0.29, 0.717) is 90.7 Å². The third-order valence-corrected chi connectivity index (χ3v) is 12.8. The number of aromatic nitrogens is 8. The molecule has 8 aromatic carbocycles. The van der Waals surface area contributed by atoms with E-state index in [1.165, 1.54) is 24.3 Å². The van der Waals surface area contributed by atoms with Crippen LogP contribution in [0.5, 0.6) is 23.0 Å². The van der Waals surface area contributed by atoms with Gasteiger partial charge in [0.25, 0.3) is 0 Å². The Morgan fingerprint density at radius 2 is 0.451 bits per heavy atom. The molecule has 8 heterocycles. The Morgan fingerprint density at radius 3 is 0.671 bits per heavy atom. The fraction of sp³-hybridized carbons (Fsp3) is 0. The van der Waals surface area contributed by atoms with Crippen LogP contribution >= 0.6 is 0 Å². The molecule has 0 spiro atoms. The van der Waals surface area contributed by atoms with Gasteiger partial charge in [-0.25, -0.2) is 39.9 Å². The molecule has 0 saturated heterocycles. The zero-order chi connectivity index (χ0) is 54.1. The van der Waals surface area contributed by atoms with Crippen molar-refractivity contribution in [2.45, 2.75) is 0 Å². The van der Waals surface area contributed by atoms with E-state index < -0.39 is 0 Å². The molecule has 1 radical (unpaired) electrons. The summed E-state index contributed by atoms with van der Waals surface area (Å²) in [5.74, 6) is 1.32. The summed E-state index contributed by atoms with van der Waals surface area (Å²) < 4.78 is 22.7. The first kappa shape index (κ1) is 54.9. The first-order chi connectivity index (χ1) is 39.2. The quantitative estimate of drug-likeness (QED) is 0.149. The number of fused-ring (bicyclic) bond motifs is 8. The van der Waals surface area contributed by atoms with Crippen molar-refractivity contribution in [3.8, 4) is 69.3 Å². The zero-order valence-electron chi connectivity index (χ0n) is 42.9. The van der Waals surface area contributed by atoms with Gasteiger partial charge in [0.2, 0.25) is 23.6 Å². The topological polar surface area (TPSA) is 248 Å². The summed E-state index contributed by atoms with van der Waals surface area (Å²) >= 11 is 0. The van der Waals surface area contributed by atoms with Gasteiger partial charge in [-0.1, -0.05) is 169 Å². The fourth-order valence-corrected chi connectivity index (χ4v) is 8.88. The van der Waals surface area contributed by atoms with Crippen LogP contribution in [0, 0.1) is 46.9 Å². The van der Waals surface area contributed by atoms with Crippen LogP contribution in [-0.2, 0) is 0 Å². The van der Waals surface area contributed by atoms with Gasteiger partial charge < -0.3 is 38.1 Å². The SMILES string of the molecule is [Na+].[O-]c1cccc2ccc(-c3nc4ccccc4o3)nc12.[O-]c1cccc2ccc(-c3nc4ccccc4o3)nc12.[O-]c1cccc2ccc(-c3nc4ccccc4o3)nc12.[O-]c1cccc2ccc(-c3nc4ccccc4o3)nc12.[Yb+3]. The van der Waals surface area contributed by atoms with Gasteiger partial charge in [0.15, 0.2) is 22.3 Å². The van der Waals surface area contributed by atoms with Crippen LogP contribution in [0.3, 0.4) is 0 Å². The van der Waals surface area contributed by atoms with E-state index in [1.54, 1.807) is 24.3 Å². The molecule has 0 saturated carbocycles. The molecule has 82 heavy (non-hydrogen) atoms. The van der Waals surface area contributed by atoms with Gasteiger partial charge in [-0.3, -0.25) is 0 Å². The number of pyridine rings is 4. The van der Waals surface area contributed by atoms with E-state index in [-0.39, 0.29) is 99.5 Å². The Labute approximate surface area is 525 Å². The minimum atomic E-state index is -0.0968. The number of nitrogens with zero attached hydrogens (tertiary/aromatic N) is 8. The molecule has 0 bridgehead atoms. The van der Waals surface area contributed by atoms with E-state index in [0.717, 1.165) is 43.6 Å². The maximum Gasteiger partial charge on any atom is 3.00 e. The summed E-state index contributed by atoms with van der Waals surface area (Å²) in [6.07, 6.45) is 0. The molecular weight excluding hydrogens is 1200 g/mol. The first-order valence-corrected chi connectivity index (χ1v) is 25.0. The average Bonchev–Trinajstić information content (AvgIpc) is 4.35. The van der Waals surface area contributed by atoms with E-state index in [2.05, 4.69) is 39.9 Å². The van der Waals surface area contributed by atoms with Crippen molar-refractivity contribution in [1.82, 2.24) is 39.9 Å². The Morgan fingerprint density at radius 1 is 0.232 bits per heavy atom. The minimum absolute atomic E-state index is 0. The van der Waals surface area contributed by atoms with Gasteiger partial charge in [0, 0.05) is 0 Å². The monoisotopic (exact) mass is 1240 g/mol. The second kappa shape index (κ2) is 24.0. The molecular formula is C64H36N8NaO8Yb. The molecule has 0 aliphatic carbocycles. The van der Waals surface area contributed by atoms with Crippen molar-refractivity contribution in [3.05, 3.63) is 218 Å². The van der Waals surface area contributed by atoms with Crippen LogP contribution in [0.2, 0.25) is 0 Å². The fourth-order valence-electron chi connectivity index (χ4n) is 8.88. The van der Waals surface area contributed by atoms with Gasteiger partial charge >= 0.3 is 76.5 Å². The Kier molecular flexibility index (Phi) is 16.1. The third kappa shape index (κ3) is 11.4. The Balaban J connectivity index is 0.000000114. The van der Waals surface area contributed by atoms with Crippen LogP contribution in [0.1, 0.15) is 0 Å². The average molecular weight is 1240 g/mol. The largest absolute Gasteiger partial charge is 3.00 e. The standard InChI is InChI=1S/4C16H10N2O2.Na.Yb/c4*19-13-6-3-4-10-8-9-12(17-15(10)13)16-18-11-5-1-2-7-14(11)20-16;;/h4*1-9,19H;;/q;;;;+1;+3/p-4. The van der Waals surface area contributed by atoms with E-state index in [4.69, 9.17) is 17.7 Å². The van der Waals surface area contributed by atoms with E-state index in [9.17, 15) is 20.4 Å². The number of benzene rings is 8. The Hall–Kier alpha value is -9.00. The van der Waals surface area contributed by atoms with Crippen molar-refractivity contribution in [2.24, 2.45) is 0 Å². The summed E-state index contributed by atoms with van der Waals surface area (Å²) in [4.78, 5) is 35.0. The normalized spacial score (nSPS) is 10.9. The summed E-state index contributed by atoms with van der Waals surface area (Å²) in [5, 5.41) is 50.6. The molecule has 16 rings (SSSR count). The zero-order valence-corrected chi connectivity index (χ0v) is 46.6. The van der Waals surface area contributed by atoms with Crippen molar-refractivity contribution < 1.29 is 115 Å². The molecule has 0 fully saturated rings. The molecule has 0 unspecified atom stereocenters.